The summed E-state index contributed by atoms with van der Waals surface area (Å²) in [4.78, 5) is 11.7. The van der Waals surface area contributed by atoms with Crippen molar-refractivity contribution in [2.45, 2.75) is 32.1 Å². The summed E-state index contributed by atoms with van der Waals surface area (Å²) in [6.45, 7) is 1.23. The molecule has 0 unspecified atom stereocenters. The normalized spacial score (nSPS) is 19.2. The van der Waals surface area contributed by atoms with Crippen LogP contribution >= 0.6 is 0 Å². The summed E-state index contributed by atoms with van der Waals surface area (Å²) in [7, 11) is 0. The van der Waals surface area contributed by atoms with E-state index in [1.807, 2.05) is 24.3 Å². The molecule has 4 heteroatoms. The number of hydrogen-bond acceptors (Lipinski definition) is 3. The summed E-state index contributed by atoms with van der Waals surface area (Å²) in [5, 5.41) is 11.8. The fourth-order valence-electron chi connectivity index (χ4n) is 1.85. The van der Waals surface area contributed by atoms with E-state index in [4.69, 9.17) is 9.84 Å². The van der Waals surface area contributed by atoms with Crippen molar-refractivity contribution in [2.24, 2.45) is 0 Å². The molecule has 1 aromatic rings. The Morgan fingerprint density at radius 2 is 2.06 bits per heavy atom. The van der Waals surface area contributed by atoms with E-state index in [2.05, 4.69) is 5.32 Å². The molecular weight excluding hydrogens is 218 g/mol. The van der Waals surface area contributed by atoms with Crippen molar-refractivity contribution in [3.63, 3.8) is 0 Å². The quantitative estimate of drug-likeness (QED) is 0.817. The molecule has 0 bridgehead atoms. The highest BCUT2D eigenvalue weighted by Gasteiger charge is 2.22. The first-order valence-corrected chi connectivity index (χ1v) is 5.87. The van der Waals surface area contributed by atoms with Gasteiger partial charge in [-0.25, -0.2) is 0 Å². The minimum Gasteiger partial charge on any atom is -0.392 e. The summed E-state index contributed by atoms with van der Waals surface area (Å²) in [5.74, 6) is -0.0336. The number of carbonyl (C=O) groups excluding carboxylic acids is 1. The molecule has 0 radical (unpaired) electrons. The van der Waals surface area contributed by atoms with Crippen molar-refractivity contribution >= 4 is 5.91 Å². The van der Waals surface area contributed by atoms with Crippen LogP contribution in [-0.4, -0.2) is 23.7 Å². The summed E-state index contributed by atoms with van der Waals surface area (Å²) in [6.07, 6.45) is 1.50. The molecule has 2 N–H and O–H groups in total. The second-order valence-corrected chi connectivity index (χ2v) is 4.19. The van der Waals surface area contributed by atoms with Crippen LogP contribution < -0.4 is 5.32 Å². The van der Waals surface area contributed by atoms with Crippen molar-refractivity contribution < 1.29 is 14.6 Å². The summed E-state index contributed by atoms with van der Waals surface area (Å²) in [5.41, 5.74) is 1.90. The van der Waals surface area contributed by atoms with E-state index in [9.17, 15) is 4.79 Å². The Morgan fingerprint density at radius 3 is 2.65 bits per heavy atom. The van der Waals surface area contributed by atoms with E-state index in [0.29, 0.717) is 13.2 Å². The molecule has 0 spiro atoms. The number of aliphatic hydroxyl groups excluding tert-OH is 1. The Hall–Kier alpha value is -1.39. The van der Waals surface area contributed by atoms with E-state index in [1.54, 1.807) is 0 Å². The number of hydrogen-bond donors (Lipinski definition) is 2. The zero-order valence-corrected chi connectivity index (χ0v) is 9.69. The smallest absolute Gasteiger partial charge is 0.249 e. The number of aliphatic hydroxyl groups is 1. The van der Waals surface area contributed by atoms with Gasteiger partial charge in [-0.3, -0.25) is 4.79 Å². The molecule has 1 aromatic carbocycles. The van der Waals surface area contributed by atoms with Gasteiger partial charge in [0.2, 0.25) is 5.91 Å². The molecule has 1 atom stereocenters. The average molecular weight is 235 g/mol. The number of rotatable bonds is 4. The van der Waals surface area contributed by atoms with Gasteiger partial charge in [-0.1, -0.05) is 24.3 Å². The maximum Gasteiger partial charge on any atom is 0.249 e. The Labute approximate surface area is 101 Å². The van der Waals surface area contributed by atoms with Crippen LogP contribution in [0, 0.1) is 0 Å². The van der Waals surface area contributed by atoms with Crippen LogP contribution in [-0.2, 0) is 22.7 Å². The fraction of sp³-hybridized carbons (Fsp3) is 0.462. The Kier molecular flexibility index (Phi) is 4.12. The van der Waals surface area contributed by atoms with Crippen molar-refractivity contribution in [1.82, 2.24) is 5.32 Å². The molecule has 4 nitrogen and oxygen atoms in total. The third kappa shape index (κ3) is 3.28. The van der Waals surface area contributed by atoms with Gasteiger partial charge in [0.15, 0.2) is 0 Å². The zero-order valence-electron chi connectivity index (χ0n) is 9.69. The second kappa shape index (κ2) is 5.80. The lowest BCUT2D eigenvalue weighted by Crippen LogP contribution is -2.33. The number of carbonyl (C=O) groups is 1. The average Bonchev–Trinajstić information content (AvgIpc) is 2.90. The second-order valence-electron chi connectivity index (χ2n) is 4.19. The van der Waals surface area contributed by atoms with Gasteiger partial charge in [-0.2, -0.15) is 0 Å². The fourth-order valence-corrected chi connectivity index (χ4v) is 1.85. The SMILES string of the molecule is O=C(NCc1ccc(CO)cc1)[C@H]1CCCO1. The van der Waals surface area contributed by atoms with Crippen molar-refractivity contribution in [1.29, 1.82) is 0 Å². The van der Waals surface area contributed by atoms with E-state index in [-0.39, 0.29) is 18.6 Å². The molecule has 1 amide bonds. The molecule has 0 aromatic heterocycles. The van der Waals surface area contributed by atoms with Gasteiger partial charge < -0.3 is 15.2 Å². The third-order valence-corrected chi connectivity index (χ3v) is 2.89. The van der Waals surface area contributed by atoms with Crippen LogP contribution in [0.15, 0.2) is 24.3 Å². The molecule has 1 heterocycles. The minimum atomic E-state index is -0.272. The summed E-state index contributed by atoms with van der Waals surface area (Å²) < 4.78 is 5.29. The lowest BCUT2D eigenvalue weighted by molar-refractivity contribution is -0.130. The number of benzene rings is 1. The van der Waals surface area contributed by atoms with Gasteiger partial charge in [0, 0.05) is 13.2 Å². The lowest BCUT2D eigenvalue weighted by atomic mass is 10.1. The van der Waals surface area contributed by atoms with Gasteiger partial charge in [-0.05, 0) is 24.0 Å². The van der Waals surface area contributed by atoms with Crippen LogP contribution in [0.2, 0.25) is 0 Å². The van der Waals surface area contributed by atoms with Gasteiger partial charge in [0.05, 0.1) is 6.61 Å². The van der Waals surface area contributed by atoms with E-state index in [1.165, 1.54) is 0 Å². The molecule has 1 fully saturated rings. The lowest BCUT2D eigenvalue weighted by Gasteiger charge is -2.10. The van der Waals surface area contributed by atoms with Crippen LogP contribution in [0.4, 0.5) is 0 Å². The highest BCUT2D eigenvalue weighted by atomic mass is 16.5. The van der Waals surface area contributed by atoms with Gasteiger partial charge in [-0.15, -0.1) is 0 Å². The number of ether oxygens (including phenoxy) is 1. The highest BCUT2D eigenvalue weighted by molar-refractivity contribution is 5.80. The monoisotopic (exact) mass is 235 g/mol. The molecule has 1 aliphatic rings. The zero-order chi connectivity index (χ0) is 12.1. The molecule has 1 saturated heterocycles. The van der Waals surface area contributed by atoms with E-state index < -0.39 is 0 Å². The molecule has 0 aliphatic carbocycles. The maximum atomic E-state index is 11.7. The van der Waals surface area contributed by atoms with Gasteiger partial charge in [0.1, 0.15) is 6.10 Å². The first kappa shape index (κ1) is 12.1. The van der Waals surface area contributed by atoms with Gasteiger partial charge >= 0.3 is 0 Å². The van der Waals surface area contributed by atoms with Crippen LogP contribution in [0.25, 0.3) is 0 Å². The van der Waals surface area contributed by atoms with Crippen molar-refractivity contribution in [2.75, 3.05) is 6.61 Å². The molecule has 92 valence electrons. The molecule has 0 saturated carbocycles. The molecular formula is C13H17NO3. The topological polar surface area (TPSA) is 58.6 Å². The van der Waals surface area contributed by atoms with Gasteiger partial charge in [0.25, 0.3) is 0 Å². The van der Waals surface area contributed by atoms with Crippen molar-refractivity contribution in [3.05, 3.63) is 35.4 Å². The predicted molar refractivity (Wildman–Crippen MR) is 63.2 cm³/mol. The molecule has 1 aliphatic heterocycles. The molecule has 2 rings (SSSR count). The summed E-state index contributed by atoms with van der Waals surface area (Å²) in [6, 6.07) is 7.52. The van der Waals surface area contributed by atoms with E-state index in [0.717, 1.165) is 24.0 Å². The number of amides is 1. The summed E-state index contributed by atoms with van der Waals surface area (Å²) >= 11 is 0. The third-order valence-electron chi connectivity index (χ3n) is 2.89. The minimum absolute atomic E-state index is 0.0336. The number of nitrogens with one attached hydrogen (secondary N) is 1. The van der Waals surface area contributed by atoms with Crippen molar-refractivity contribution in [3.8, 4) is 0 Å². The molecule has 17 heavy (non-hydrogen) atoms. The first-order chi connectivity index (χ1) is 8.29. The van der Waals surface area contributed by atoms with Crippen LogP contribution in [0.5, 0.6) is 0 Å². The first-order valence-electron chi connectivity index (χ1n) is 5.87. The van der Waals surface area contributed by atoms with Crippen LogP contribution in [0.3, 0.4) is 0 Å². The Morgan fingerprint density at radius 1 is 1.35 bits per heavy atom. The Bertz CT molecular complexity index is 369. The highest BCUT2D eigenvalue weighted by Crippen LogP contribution is 2.12. The Balaban J connectivity index is 1.82. The van der Waals surface area contributed by atoms with Crippen LogP contribution in [0.1, 0.15) is 24.0 Å². The predicted octanol–water partition coefficient (Wildman–Crippen LogP) is 0.974. The van der Waals surface area contributed by atoms with E-state index >= 15 is 0 Å². The maximum absolute atomic E-state index is 11.7. The largest absolute Gasteiger partial charge is 0.392 e. The standard InChI is InChI=1S/C13H17NO3/c15-9-11-5-3-10(4-6-11)8-14-13(16)12-2-1-7-17-12/h3-6,12,15H,1-2,7-9H2,(H,14,16)/t12-/m1/s1.